The van der Waals surface area contributed by atoms with Gasteiger partial charge >= 0.3 is 0 Å². The maximum absolute atomic E-state index is 12.9. The largest absolute Gasteiger partial charge is 0.486 e. The SMILES string of the molecule is CC(=O)N[C@H](Cc1c[nH]c2ccccc12)C(=O)Nc1ccc2c(c1)OCCO2. The normalized spacial score (nSPS) is 13.8. The van der Waals surface area contributed by atoms with Crippen LogP contribution in [-0.4, -0.2) is 36.1 Å². The van der Waals surface area contributed by atoms with Gasteiger partial charge in [0.1, 0.15) is 19.3 Å². The van der Waals surface area contributed by atoms with Crippen molar-refractivity contribution in [3.8, 4) is 11.5 Å². The van der Waals surface area contributed by atoms with E-state index in [0.717, 1.165) is 16.5 Å². The van der Waals surface area contributed by atoms with Crippen LogP contribution in [0.3, 0.4) is 0 Å². The van der Waals surface area contributed by atoms with Gasteiger partial charge in [-0.25, -0.2) is 0 Å². The molecule has 144 valence electrons. The van der Waals surface area contributed by atoms with E-state index in [2.05, 4.69) is 15.6 Å². The van der Waals surface area contributed by atoms with Crippen molar-refractivity contribution >= 4 is 28.4 Å². The number of carbonyl (C=O) groups excluding carboxylic acids is 2. The number of carbonyl (C=O) groups is 2. The minimum Gasteiger partial charge on any atom is -0.486 e. The van der Waals surface area contributed by atoms with E-state index in [1.54, 1.807) is 18.2 Å². The predicted octanol–water partition coefficient (Wildman–Crippen LogP) is 2.63. The summed E-state index contributed by atoms with van der Waals surface area (Å²) in [5, 5.41) is 6.64. The Morgan fingerprint density at radius 2 is 1.89 bits per heavy atom. The van der Waals surface area contributed by atoms with E-state index in [1.165, 1.54) is 6.92 Å². The lowest BCUT2D eigenvalue weighted by Gasteiger charge is -2.20. The molecular weight excluding hydrogens is 358 g/mol. The number of ether oxygens (including phenoxy) is 2. The molecule has 7 heteroatoms. The summed E-state index contributed by atoms with van der Waals surface area (Å²) in [5.74, 6) is 0.692. The minimum absolute atomic E-state index is 0.262. The average molecular weight is 379 g/mol. The number of H-pyrrole nitrogens is 1. The van der Waals surface area contributed by atoms with Gasteiger partial charge in [0.25, 0.3) is 0 Å². The third-order valence-corrected chi connectivity index (χ3v) is 4.60. The van der Waals surface area contributed by atoms with Gasteiger partial charge in [-0.2, -0.15) is 0 Å². The molecule has 1 aromatic heterocycles. The quantitative estimate of drug-likeness (QED) is 0.635. The standard InChI is InChI=1S/C21H21N3O4/c1-13(25)23-18(10-14-12-22-17-5-3-2-4-16(14)17)21(26)24-15-6-7-19-20(11-15)28-9-8-27-19/h2-7,11-12,18,22H,8-10H2,1H3,(H,23,25)(H,24,26)/t18-/m1/s1. The van der Waals surface area contributed by atoms with E-state index in [-0.39, 0.29) is 11.8 Å². The number of fused-ring (bicyclic) bond motifs is 2. The monoisotopic (exact) mass is 379 g/mol. The van der Waals surface area contributed by atoms with Crippen LogP contribution < -0.4 is 20.1 Å². The first-order valence-electron chi connectivity index (χ1n) is 9.13. The van der Waals surface area contributed by atoms with Gasteiger partial charge in [0, 0.05) is 42.2 Å². The van der Waals surface area contributed by atoms with Crippen molar-refractivity contribution in [2.75, 3.05) is 18.5 Å². The van der Waals surface area contributed by atoms with Crippen LogP contribution in [0.4, 0.5) is 5.69 Å². The van der Waals surface area contributed by atoms with E-state index >= 15 is 0 Å². The molecular formula is C21H21N3O4. The number of amides is 2. The second kappa shape index (κ2) is 7.64. The molecule has 0 aliphatic carbocycles. The smallest absolute Gasteiger partial charge is 0.247 e. The van der Waals surface area contributed by atoms with Crippen molar-refractivity contribution in [3.63, 3.8) is 0 Å². The van der Waals surface area contributed by atoms with Gasteiger partial charge in [0.15, 0.2) is 11.5 Å². The summed E-state index contributed by atoms with van der Waals surface area (Å²) < 4.78 is 11.1. The molecule has 0 saturated carbocycles. The highest BCUT2D eigenvalue weighted by Crippen LogP contribution is 2.32. The van der Waals surface area contributed by atoms with Crippen LogP contribution in [0.15, 0.2) is 48.7 Å². The molecule has 0 spiro atoms. The molecule has 3 aromatic rings. The number of aromatic nitrogens is 1. The first kappa shape index (κ1) is 17.9. The van der Waals surface area contributed by atoms with Gasteiger partial charge in [0.2, 0.25) is 11.8 Å². The number of anilines is 1. The zero-order valence-electron chi connectivity index (χ0n) is 15.5. The Bertz CT molecular complexity index is 1030. The number of nitrogens with one attached hydrogen (secondary N) is 3. The Morgan fingerprint density at radius 1 is 1.11 bits per heavy atom. The molecule has 1 aliphatic rings. The van der Waals surface area contributed by atoms with E-state index in [1.807, 2.05) is 30.5 Å². The Balaban J connectivity index is 1.53. The second-order valence-electron chi connectivity index (χ2n) is 6.66. The maximum atomic E-state index is 12.9. The Labute approximate surface area is 162 Å². The maximum Gasteiger partial charge on any atom is 0.247 e. The summed E-state index contributed by atoms with van der Waals surface area (Å²) >= 11 is 0. The lowest BCUT2D eigenvalue weighted by molar-refractivity contribution is -0.125. The molecule has 0 fully saturated rings. The molecule has 3 N–H and O–H groups in total. The van der Waals surface area contributed by atoms with Crippen LogP contribution in [0.5, 0.6) is 11.5 Å². The fourth-order valence-corrected chi connectivity index (χ4v) is 3.33. The fourth-order valence-electron chi connectivity index (χ4n) is 3.33. The zero-order valence-corrected chi connectivity index (χ0v) is 15.5. The molecule has 2 aromatic carbocycles. The molecule has 0 unspecified atom stereocenters. The third kappa shape index (κ3) is 3.78. The van der Waals surface area contributed by atoms with Gasteiger partial charge < -0.3 is 25.1 Å². The number of aromatic amines is 1. The van der Waals surface area contributed by atoms with E-state index < -0.39 is 6.04 Å². The van der Waals surface area contributed by atoms with E-state index in [9.17, 15) is 9.59 Å². The van der Waals surface area contributed by atoms with Crippen molar-refractivity contribution in [2.45, 2.75) is 19.4 Å². The first-order valence-corrected chi connectivity index (χ1v) is 9.13. The zero-order chi connectivity index (χ0) is 19.5. The van der Waals surface area contributed by atoms with Crippen LogP contribution >= 0.6 is 0 Å². The molecule has 7 nitrogen and oxygen atoms in total. The Kier molecular flexibility index (Phi) is 4.89. The van der Waals surface area contributed by atoms with Crippen molar-refractivity contribution in [1.82, 2.24) is 10.3 Å². The lowest BCUT2D eigenvalue weighted by atomic mass is 10.0. The lowest BCUT2D eigenvalue weighted by Crippen LogP contribution is -2.44. The molecule has 1 aliphatic heterocycles. The van der Waals surface area contributed by atoms with Crippen molar-refractivity contribution in [1.29, 1.82) is 0 Å². The number of hydrogen-bond acceptors (Lipinski definition) is 4. The Hall–Kier alpha value is -3.48. The summed E-state index contributed by atoms with van der Waals surface area (Å²) in [4.78, 5) is 27.7. The summed E-state index contributed by atoms with van der Waals surface area (Å²) in [5.41, 5.74) is 2.54. The van der Waals surface area contributed by atoms with E-state index in [4.69, 9.17) is 9.47 Å². The fraction of sp³-hybridized carbons (Fsp3) is 0.238. The third-order valence-electron chi connectivity index (χ3n) is 4.60. The second-order valence-corrected chi connectivity index (χ2v) is 6.66. The summed E-state index contributed by atoms with van der Waals surface area (Å²) in [6.45, 7) is 2.38. The number of para-hydroxylation sites is 1. The van der Waals surface area contributed by atoms with Crippen LogP contribution in [0.25, 0.3) is 10.9 Å². The first-order chi connectivity index (χ1) is 13.6. The van der Waals surface area contributed by atoms with Crippen LogP contribution in [-0.2, 0) is 16.0 Å². The van der Waals surface area contributed by atoms with E-state index in [0.29, 0.717) is 36.8 Å². The molecule has 4 rings (SSSR count). The van der Waals surface area contributed by atoms with Gasteiger partial charge in [-0.05, 0) is 23.8 Å². The van der Waals surface area contributed by atoms with Crippen molar-refractivity contribution in [3.05, 3.63) is 54.2 Å². The average Bonchev–Trinajstić information content (AvgIpc) is 3.10. The van der Waals surface area contributed by atoms with Gasteiger partial charge in [0.05, 0.1) is 0 Å². The number of rotatable bonds is 5. The summed E-state index contributed by atoms with van der Waals surface area (Å²) in [6, 6.07) is 12.4. The highest BCUT2D eigenvalue weighted by molar-refractivity contribution is 5.98. The van der Waals surface area contributed by atoms with Gasteiger partial charge in [-0.3, -0.25) is 9.59 Å². The van der Waals surface area contributed by atoms with Crippen LogP contribution in [0, 0.1) is 0 Å². The molecule has 0 saturated heterocycles. The summed E-state index contributed by atoms with van der Waals surface area (Å²) in [6.07, 6.45) is 2.25. The molecule has 0 bridgehead atoms. The van der Waals surface area contributed by atoms with Crippen LogP contribution in [0.2, 0.25) is 0 Å². The van der Waals surface area contributed by atoms with Crippen molar-refractivity contribution < 1.29 is 19.1 Å². The topological polar surface area (TPSA) is 92.5 Å². The molecule has 1 atom stereocenters. The van der Waals surface area contributed by atoms with Gasteiger partial charge in [-0.1, -0.05) is 18.2 Å². The molecule has 2 amide bonds. The van der Waals surface area contributed by atoms with Crippen molar-refractivity contribution in [2.24, 2.45) is 0 Å². The highest BCUT2D eigenvalue weighted by Gasteiger charge is 2.22. The predicted molar refractivity (Wildman–Crippen MR) is 106 cm³/mol. The number of benzene rings is 2. The molecule has 0 radical (unpaired) electrons. The Morgan fingerprint density at radius 3 is 2.71 bits per heavy atom. The molecule has 2 heterocycles. The minimum atomic E-state index is -0.704. The summed E-state index contributed by atoms with van der Waals surface area (Å²) in [7, 11) is 0. The number of hydrogen-bond donors (Lipinski definition) is 3. The highest BCUT2D eigenvalue weighted by atomic mass is 16.6. The molecule has 28 heavy (non-hydrogen) atoms. The van der Waals surface area contributed by atoms with Gasteiger partial charge in [-0.15, -0.1) is 0 Å². The van der Waals surface area contributed by atoms with Crippen LogP contribution in [0.1, 0.15) is 12.5 Å².